The van der Waals surface area contributed by atoms with Crippen LogP contribution in [0.5, 0.6) is 5.88 Å². The van der Waals surface area contributed by atoms with Crippen molar-refractivity contribution >= 4 is 5.95 Å². The van der Waals surface area contributed by atoms with Crippen molar-refractivity contribution in [1.82, 2.24) is 15.3 Å². The normalized spacial score (nSPS) is 23.1. The lowest BCUT2D eigenvalue weighted by Gasteiger charge is -2.30. The summed E-state index contributed by atoms with van der Waals surface area (Å²) >= 11 is 0. The smallest absolute Gasteiger partial charge is 0.226 e. The summed E-state index contributed by atoms with van der Waals surface area (Å²) in [4.78, 5) is 8.87. The summed E-state index contributed by atoms with van der Waals surface area (Å²) in [5.41, 5.74) is 0.931. The third-order valence-electron chi connectivity index (χ3n) is 3.36. The quantitative estimate of drug-likeness (QED) is 0.853. The Labute approximate surface area is 115 Å². The van der Waals surface area contributed by atoms with E-state index >= 15 is 0 Å². The van der Waals surface area contributed by atoms with Crippen LogP contribution in [-0.2, 0) is 0 Å². The van der Waals surface area contributed by atoms with Gasteiger partial charge in [-0.3, -0.25) is 0 Å². The first-order valence-corrected chi connectivity index (χ1v) is 7.17. The summed E-state index contributed by atoms with van der Waals surface area (Å²) in [6, 6.07) is 2.70. The molecule has 5 heteroatoms. The molecule has 2 rings (SSSR count). The minimum atomic E-state index is 0.384. The van der Waals surface area contributed by atoms with Crippen molar-refractivity contribution in [3.05, 3.63) is 11.8 Å². The van der Waals surface area contributed by atoms with Gasteiger partial charge in [0.2, 0.25) is 11.8 Å². The van der Waals surface area contributed by atoms with E-state index in [4.69, 9.17) is 4.74 Å². The van der Waals surface area contributed by atoms with E-state index in [1.54, 1.807) is 0 Å². The molecule has 0 spiro atoms. The highest BCUT2D eigenvalue weighted by Crippen LogP contribution is 2.16. The summed E-state index contributed by atoms with van der Waals surface area (Å²) in [5.74, 6) is 1.33. The molecule has 1 aromatic heterocycles. The summed E-state index contributed by atoms with van der Waals surface area (Å²) in [7, 11) is 0. The molecule has 0 aliphatic carbocycles. The average molecular weight is 264 g/mol. The van der Waals surface area contributed by atoms with Gasteiger partial charge in [-0.15, -0.1) is 0 Å². The summed E-state index contributed by atoms with van der Waals surface area (Å²) in [6.45, 7) is 8.04. The SMILES string of the molecule is CCCOc1cc(C)nc(NC2CCCNC2C)n1. The molecule has 0 radical (unpaired) electrons. The molecular formula is C14H24N4O. The second-order valence-corrected chi connectivity index (χ2v) is 5.16. The van der Waals surface area contributed by atoms with Crippen molar-refractivity contribution in [2.75, 3.05) is 18.5 Å². The van der Waals surface area contributed by atoms with E-state index in [1.165, 1.54) is 6.42 Å². The molecule has 1 fully saturated rings. The maximum Gasteiger partial charge on any atom is 0.226 e. The van der Waals surface area contributed by atoms with Gasteiger partial charge >= 0.3 is 0 Å². The molecule has 5 nitrogen and oxygen atoms in total. The Morgan fingerprint density at radius 2 is 2.32 bits per heavy atom. The number of aryl methyl sites for hydroxylation is 1. The van der Waals surface area contributed by atoms with Crippen LogP contribution in [-0.4, -0.2) is 35.2 Å². The third kappa shape index (κ3) is 4.06. The molecule has 0 bridgehead atoms. The average Bonchev–Trinajstić information content (AvgIpc) is 2.38. The highest BCUT2D eigenvalue weighted by molar-refractivity contribution is 5.32. The maximum absolute atomic E-state index is 5.59. The number of ether oxygens (including phenoxy) is 1. The van der Waals surface area contributed by atoms with Crippen LogP contribution >= 0.6 is 0 Å². The molecule has 19 heavy (non-hydrogen) atoms. The van der Waals surface area contributed by atoms with Gasteiger partial charge in [-0.1, -0.05) is 6.92 Å². The monoisotopic (exact) mass is 264 g/mol. The molecule has 2 unspecified atom stereocenters. The van der Waals surface area contributed by atoms with E-state index in [0.717, 1.165) is 25.1 Å². The van der Waals surface area contributed by atoms with Crippen LogP contribution in [0.25, 0.3) is 0 Å². The van der Waals surface area contributed by atoms with Crippen LogP contribution in [0, 0.1) is 6.92 Å². The molecule has 106 valence electrons. The fraction of sp³-hybridized carbons (Fsp3) is 0.714. The van der Waals surface area contributed by atoms with Crippen molar-refractivity contribution in [1.29, 1.82) is 0 Å². The Balaban J connectivity index is 2.04. The van der Waals surface area contributed by atoms with Gasteiger partial charge in [0.05, 0.1) is 6.61 Å². The molecule has 0 amide bonds. The standard InChI is InChI=1S/C14H24N4O/c1-4-8-19-13-9-10(2)16-14(18-13)17-12-6-5-7-15-11(12)3/h9,11-12,15H,4-8H2,1-3H3,(H,16,17,18). The largest absolute Gasteiger partial charge is 0.478 e. The van der Waals surface area contributed by atoms with Crippen molar-refractivity contribution in [2.24, 2.45) is 0 Å². The van der Waals surface area contributed by atoms with E-state index in [0.29, 0.717) is 30.5 Å². The van der Waals surface area contributed by atoms with Gasteiger partial charge in [0.25, 0.3) is 0 Å². The first-order valence-electron chi connectivity index (χ1n) is 7.17. The Kier molecular flexibility index (Phi) is 4.96. The number of piperidine rings is 1. The summed E-state index contributed by atoms with van der Waals surface area (Å²) in [6.07, 6.45) is 3.32. The van der Waals surface area contributed by atoms with Crippen molar-refractivity contribution in [3.8, 4) is 5.88 Å². The van der Waals surface area contributed by atoms with Crippen LogP contribution in [0.2, 0.25) is 0 Å². The number of nitrogens with zero attached hydrogens (tertiary/aromatic N) is 2. The number of nitrogens with one attached hydrogen (secondary N) is 2. The first kappa shape index (κ1) is 14.1. The molecular weight excluding hydrogens is 240 g/mol. The van der Waals surface area contributed by atoms with Gasteiger partial charge in [0.1, 0.15) is 0 Å². The zero-order chi connectivity index (χ0) is 13.7. The van der Waals surface area contributed by atoms with E-state index in [-0.39, 0.29) is 0 Å². The second kappa shape index (κ2) is 6.70. The predicted octanol–water partition coefficient (Wildman–Crippen LogP) is 2.13. The Morgan fingerprint density at radius 3 is 3.05 bits per heavy atom. The van der Waals surface area contributed by atoms with Crippen LogP contribution in [0.15, 0.2) is 6.07 Å². The lowest BCUT2D eigenvalue weighted by atomic mass is 10.0. The first-order chi connectivity index (χ1) is 9.19. The Bertz CT molecular complexity index is 410. The Hall–Kier alpha value is -1.36. The van der Waals surface area contributed by atoms with Gasteiger partial charge in [-0.05, 0) is 39.7 Å². The van der Waals surface area contributed by atoms with Gasteiger partial charge in [-0.2, -0.15) is 4.98 Å². The number of rotatable bonds is 5. The Morgan fingerprint density at radius 1 is 1.47 bits per heavy atom. The lowest BCUT2D eigenvalue weighted by Crippen LogP contribution is -2.46. The van der Waals surface area contributed by atoms with Crippen LogP contribution < -0.4 is 15.4 Å². The fourth-order valence-corrected chi connectivity index (χ4v) is 2.29. The lowest BCUT2D eigenvalue weighted by molar-refractivity contribution is 0.304. The van der Waals surface area contributed by atoms with Crippen LogP contribution in [0.1, 0.15) is 38.8 Å². The van der Waals surface area contributed by atoms with Gasteiger partial charge in [-0.25, -0.2) is 4.98 Å². The zero-order valence-corrected chi connectivity index (χ0v) is 12.1. The number of aromatic nitrogens is 2. The van der Waals surface area contributed by atoms with E-state index in [1.807, 2.05) is 13.0 Å². The zero-order valence-electron chi connectivity index (χ0n) is 12.1. The van der Waals surface area contributed by atoms with Gasteiger partial charge < -0.3 is 15.4 Å². The highest BCUT2D eigenvalue weighted by atomic mass is 16.5. The fourth-order valence-electron chi connectivity index (χ4n) is 2.29. The molecule has 1 aliphatic heterocycles. The number of anilines is 1. The minimum Gasteiger partial charge on any atom is -0.478 e. The molecule has 2 N–H and O–H groups in total. The maximum atomic E-state index is 5.59. The molecule has 2 atom stereocenters. The molecule has 0 saturated carbocycles. The molecule has 1 aromatic rings. The van der Waals surface area contributed by atoms with E-state index in [9.17, 15) is 0 Å². The van der Waals surface area contributed by atoms with Gasteiger partial charge in [0, 0.05) is 23.8 Å². The molecule has 0 aromatic carbocycles. The van der Waals surface area contributed by atoms with Crippen molar-refractivity contribution in [2.45, 2.75) is 52.1 Å². The topological polar surface area (TPSA) is 59.1 Å². The van der Waals surface area contributed by atoms with Crippen molar-refractivity contribution < 1.29 is 4.74 Å². The minimum absolute atomic E-state index is 0.384. The number of hydrogen-bond donors (Lipinski definition) is 2. The van der Waals surface area contributed by atoms with E-state index < -0.39 is 0 Å². The summed E-state index contributed by atoms with van der Waals surface area (Å²) < 4.78 is 5.59. The molecule has 1 saturated heterocycles. The predicted molar refractivity (Wildman–Crippen MR) is 76.7 cm³/mol. The van der Waals surface area contributed by atoms with Crippen molar-refractivity contribution in [3.63, 3.8) is 0 Å². The molecule has 1 aliphatic rings. The van der Waals surface area contributed by atoms with E-state index in [2.05, 4.69) is 34.4 Å². The summed E-state index contributed by atoms with van der Waals surface area (Å²) in [5, 5.41) is 6.89. The number of hydrogen-bond acceptors (Lipinski definition) is 5. The molecule has 2 heterocycles. The van der Waals surface area contributed by atoms with Crippen LogP contribution in [0.3, 0.4) is 0 Å². The van der Waals surface area contributed by atoms with Gasteiger partial charge in [0.15, 0.2) is 0 Å². The highest BCUT2D eigenvalue weighted by Gasteiger charge is 2.21. The van der Waals surface area contributed by atoms with Crippen LogP contribution in [0.4, 0.5) is 5.95 Å². The third-order valence-corrected chi connectivity index (χ3v) is 3.36. The second-order valence-electron chi connectivity index (χ2n) is 5.16.